The molecule has 111 heavy (non-hydrogen) atoms. The summed E-state index contributed by atoms with van der Waals surface area (Å²) in [6.45, 7) is -0.135. The fourth-order valence-electron chi connectivity index (χ4n) is 11.6. The van der Waals surface area contributed by atoms with E-state index >= 15 is 0 Å². The van der Waals surface area contributed by atoms with Crippen LogP contribution in [-0.4, -0.2) is 245 Å². The molecule has 0 radical (unpaired) electrons. The molecule has 3 aromatic carbocycles. The van der Waals surface area contributed by atoms with Gasteiger partial charge in [-0.05, 0) is 106 Å². The molecule has 0 bridgehead atoms. The number of guanidine groups is 1. The number of phenolic OH excluding ortho intramolecular Hbond substituents is 2. The standard InChI is InChI=1S/C70H98N20O21/c1-36(92)57(89-66(107)53-13-8-26-90(53)68(109)46(11-5-6-24-71)82-65(106)52(34-91)88-62(103)47(27-38-14-18-41(93)19-15-38)83-58(99)43(72)31-55(74)96)67(108)86-50(32-56(97)98)64(105)80-44(12-7-25-78-70(75)76)59(100)81-45(22-23-54(73)95)60(101)84-48(28-39-16-20-42(94)21-17-39)61(102)85-49(30-40-33-77-35-79-40)63(104)87-51(69(110)111)29-37-9-3-2-4-10-37/h2-4,9-10,14-21,33,35-36,43-53,57,91-94H,5-8,11-13,22-32,34,71-72H2,1H3,(H2,73,95)(H2,74,96)(H,77,79)(H,80,105)(H,81,100)(H,82,106)(H,83,99)(H,84,101)(H,85,102)(H,86,108)(H,87,104)(H,88,103)(H,89,107)(H,97,98)(H,110,111)(H4,75,76,78)/t36-,43+,44+,45+,46+,47+,48+,49+,50+,51+,52+,53+,57+/m0/s1. The van der Waals surface area contributed by atoms with E-state index < -0.39 is 212 Å². The molecule has 41 heteroatoms. The Kier molecular flexibility index (Phi) is 36.0. The number of aromatic nitrogens is 2. The Hall–Kier alpha value is -12.4. The second-order valence-corrected chi connectivity index (χ2v) is 26.3. The average molecular weight is 1560 g/mol. The Morgan fingerprint density at radius 3 is 1.52 bits per heavy atom. The minimum absolute atomic E-state index is 0.0697. The predicted molar refractivity (Wildman–Crippen MR) is 391 cm³/mol. The molecule has 4 aromatic rings. The quantitative estimate of drug-likeness (QED) is 0.0111. The lowest BCUT2D eigenvalue weighted by atomic mass is 10.0. The maximum atomic E-state index is 14.6. The number of aliphatic hydroxyl groups excluding tert-OH is 2. The van der Waals surface area contributed by atoms with Crippen molar-refractivity contribution in [2.75, 3.05) is 26.2 Å². The highest BCUT2D eigenvalue weighted by molar-refractivity contribution is 6.01. The number of primary amides is 2. The number of nitrogens with one attached hydrogen (secondary N) is 13. The third-order valence-electron chi connectivity index (χ3n) is 17.5. The van der Waals surface area contributed by atoms with Crippen LogP contribution in [0.15, 0.2) is 91.4 Å². The van der Waals surface area contributed by atoms with Gasteiger partial charge in [-0.2, -0.15) is 0 Å². The molecule has 1 aliphatic rings. The first kappa shape index (κ1) is 89.3. The van der Waals surface area contributed by atoms with Gasteiger partial charge in [-0.3, -0.25) is 72.5 Å². The van der Waals surface area contributed by atoms with E-state index in [0.29, 0.717) is 23.1 Å². The molecule has 0 spiro atoms. The largest absolute Gasteiger partial charge is 0.508 e. The Morgan fingerprint density at radius 1 is 0.550 bits per heavy atom. The molecule has 1 aromatic heterocycles. The molecular formula is C70H98N20O21. The molecule has 5 rings (SSSR count). The topological polar surface area (TPSA) is 696 Å². The maximum Gasteiger partial charge on any atom is 0.326 e. The Labute approximate surface area is 635 Å². The number of imidazole rings is 1. The number of hydrogen-bond acceptors (Lipinski definition) is 23. The van der Waals surface area contributed by atoms with Crippen molar-refractivity contribution in [1.29, 1.82) is 5.41 Å². The van der Waals surface area contributed by atoms with Gasteiger partial charge in [0.05, 0.1) is 43.6 Å². The van der Waals surface area contributed by atoms with Gasteiger partial charge in [0.15, 0.2) is 5.96 Å². The van der Waals surface area contributed by atoms with E-state index in [1.165, 1.54) is 61.1 Å². The summed E-state index contributed by atoms with van der Waals surface area (Å²) >= 11 is 0. The van der Waals surface area contributed by atoms with Gasteiger partial charge in [0, 0.05) is 51.4 Å². The molecule has 13 amide bonds. The number of aliphatic hydroxyl groups is 2. The highest BCUT2D eigenvalue weighted by Crippen LogP contribution is 2.22. The lowest BCUT2D eigenvalue weighted by Crippen LogP contribution is -2.62. The Bertz CT molecular complexity index is 3870. The van der Waals surface area contributed by atoms with Gasteiger partial charge in [-0.1, -0.05) is 54.6 Å². The van der Waals surface area contributed by atoms with E-state index in [0.717, 1.165) is 11.8 Å². The number of aromatic amines is 1. The van der Waals surface area contributed by atoms with Crippen molar-refractivity contribution < 1.29 is 103 Å². The number of unbranched alkanes of at least 4 members (excludes halogenated alkanes) is 1. The molecule has 41 nitrogen and oxygen atoms in total. The van der Waals surface area contributed by atoms with Crippen molar-refractivity contribution in [3.05, 3.63) is 114 Å². The lowest BCUT2D eigenvalue weighted by molar-refractivity contribution is -0.144. The second kappa shape index (κ2) is 44.8. The first-order valence-corrected chi connectivity index (χ1v) is 35.4. The minimum atomic E-state index is -2.14. The van der Waals surface area contributed by atoms with Crippen LogP contribution in [0.3, 0.4) is 0 Å². The summed E-state index contributed by atoms with van der Waals surface area (Å²) in [7, 11) is 0. The number of nitrogens with two attached hydrogens (primary N) is 5. The number of rotatable bonds is 47. The fraction of sp³-hybridized carbons (Fsp3) is 0.471. The van der Waals surface area contributed by atoms with Crippen molar-refractivity contribution in [2.45, 2.75) is 182 Å². The molecule has 604 valence electrons. The number of carbonyl (C=O) groups is 15. The van der Waals surface area contributed by atoms with E-state index in [4.69, 9.17) is 34.1 Å². The number of amides is 13. The molecule has 13 atom stereocenters. The lowest BCUT2D eigenvalue weighted by Gasteiger charge is -2.31. The fourth-order valence-corrected chi connectivity index (χ4v) is 11.6. The smallest absolute Gasteiger partial charge is 0.326 e. The number of aromatic hydroxyl groups is 2. The van der Waals surface area contributed by atoms with Crippen molar-refractivity contribution in [3.8, 4) is 11.5 Å². The van der Waals surface area contributed by atoms with Crippen molar-refractivity contribution in [1.82, 2.24) is 73.4 Å². The van der Waals surface area contributed by atoms with Gasteiger partial charge >= 0.3 is 11.9 Å². The number of nitrogens with zero attached hydrogens (tertiary/aromatic N) is 2. The van der Waals surface area contributed by atoms with Gasteiger partial charge in [-0.25, -0.2) is 9.78 Å². The number of phenols is 2. The van der Waals surface area contributed by atoms with Gasteiger partial charge in [0.25, 0.3) is 0 Å². The molecule has 1 fully saturated rings. The van der Waals surface area contributed by atoms with E-state index in [-0.39, 0.29) is 94.6 Å². The van der Waals surface area contributed by atoms with Crippen LogP contribution in [0, 0.1) is 5.41 Å². The highest BCUT2D eigenvalue weighted by atomic mass is 16.4. The number of aliphatic carboxylic acids is 2. The van der Waals surface area contributed by atoms with E-state index in [1.807, 2.05) is 0 Å². The number of benzene rings is 3. The number of carboxylic acid groups (broad SMARTS) is 2. The zero-order valence-corrected chi connectivity index (χ0v) is 60.7. The summed E-state index contributed by atoms with van der Waals surface area (Å²) in [6.07, 6.45) is -3.32. The minimum Gasteiger partial charge on any atom is -0.508 e. The van der Waals surface area contributed by atoms with E-state index in [9.17, 15) is 103 Å². The third kappa shape index (κ3) is 30.3. The number of hydrogen-bond donors (Lipinski definition) is 24. The van der Waals surface area contributed by atoms with Crippen LogP contribution in [0.1, 0.15) is 99.9 Å². The molecule has 0 aliphatic carbocycles. The van der Waals surface area contributed by atoms with Gasteiger partial charge in [0.1, 0.15) is 78.0 Å². The van der Waals surface area contributed by atoms with Gasteiger partial charge in [0.2, 0.25) is 76.8 Å². The zero-order valence-electron chi connectivity index (χ0n) is 60.7. The predicted octanol–water partition coefficient (Wildman–Crippen LogP) is -7.28. The van der Waals surface area contributed by atoms with Crippen LogP contribution in [-0.2, 0) is 97.6 Å². The van der Waals surface area contributed by atoms with Crippen molar-refractivity contribution in [2.24, 2.45) is 28.7 Å². The number of likely N-dealkylation sites (tertiary alicyclic amines) is 1. The molecule has 0 unspecified atom stereocenters. The molecular weight excluding hydrogens is 1460 g/mol. The van der Waals surface area contributed by atoms with Crippen molar-refractivity contribution in [3.63, 3.8) is 0 Å². The Morgan fingerprint density at radius 2 is 1.02 bits per heavy atom. The van der Waals surface area contributed by atoms with Crippen molar-refractivity contribution >= 4 is 94.7 Å². The third-order valence-corrected chi connectivity index (χ3v) is 17.5. The summed E-state index contributed by atoms with van der Waals surface area (Å²) in [4.78, 5) is 213. The van der Waals surface area contributed by atoms with E-state index in [2.05, 4.69) is 68.5 Å². The normalized spacial score (nSPS) is 15.6. The van der Waals surface area contributed by atoms with Crippen LogP contribution >= 0.6 is 0 Å². The number of carbonyl (C=O) groups excluding carboxylic acids is 13. The average Bonchev–Trinajstić information content (AvgIpc) is 1.77. The highest BCUT2D eigenvalue weighted by Gasteiger charge is 2.42. The maximum absolute atomic E-state index is 14.6. The zero-order chi connectivity index (χ0) is 82.0. The summed E-state index contributed by atoms with van der Waals surface area (Å²) in [5.41, 5.74) is 29.3. The van der Waals surface area contributed by atoms with Crippen LogP contribution < -0.4 is 87.2 Å². The molecule has 1 saturated heterocycles. The summed E-state index contributed by atoms with van der Waals surface area (Å²) < 4.78 is 0. The summed E-state index contributed by atoms with van der Waals surface area (Å²) in [6, 6.07) is -1.18. The Balaban J connectivity index is 1.36. The summed E-state index contributed by atoms with van der Waals surface area (Å²) in [5, 5.41) is 95.8. The number of carboxylic acids is 2. The van der Waals surface area contributed by atoms with Gasteiger partial charge in [-0.15, -0.1) is 0 Å². The van der Waals surface area contributed by atoms with Crippen LogP contribution in [0.25, 0.3) is 0 Å². The van der Waals surface area contributed by atoms with Gasteiger partial charge < -0.3 is 128 Å². The van der Waals surface area contributed by atoms with Crippen LogP contribution in [0.5, 0.6) is 11.5 Å². The summed E-state index contributed by atoms with van der Waals surface area (Å²) in [5.74, 6) is -18.1. The first-order valence-electron chi connectivity index (χ1n) is 35.4. The SMILES string of the molecule is C[C@H](O)[C@@H](NC(=O)[C@H]1CCCN1C(=O)[C@@H](CCCCN)NC(=O)[C@@H](CO)NC(=O)[C@@H](Cc1ccc(O)cc1)NC(=O)[C@H](N)CC(N)=O)C(=O)N[C@H](CC(=O)O)C(=O)N[C@H](CCCNC(=N)N)C(=O)N[C@H](CCC(N)=O)C(=O)N[C@H](Cc1ccc(O)cc1)C(=O)N[C@H](Cc1c[nH]cn1)C(=O)N[C@H](Cc1ccccc1)C(=O)O. The molecule has 2 heterocycles. The number of H-pyrrole nitrogens is 1. The van der Waals surface area contributed by atoms with E-state index in [1.54, 1.807) is 30.3 Å². The molecule has 29 N–H and O–H groups in total. The molecule has 0 saturated carbocycles. The first-order chi connectivity index (χ1) is 52.7. The second-order valence-electron chi connectivity index (χ2n) is 26.3. The monoisotopic (exact) mass is 1550 g/mol. The van der Waals surface area contributed by atoms with Crippen LogP contribution in [0.4, 0.5) is 0 Å². The van der Waals surface area contributed by atoms with Crippen LogP contribution in [0.2, 0.25) is 0 Å². The molecule has 1 aliphatic heterocycles.